The summed E-state index contributed by atoms with van der Waals surface area (Å²) < 4.78 is 0. The van der Waals surface area contributed by atoms with Gasteiger partial charge in [-0.2, -0.15) is 0 Å². The molecule has 0 aromatic heterocycles. The number of nitrogens with zero attached hydrogens (tertiary/aromatic N) is 1. The predicted octanol–water partition coefficient (Wildman–Crippen LogP) is -3.38. The number of unbranched alkanes of at least 4 members (excludes halogenated alkanes) is 1. The van der Waals surface area contributed by atoms with Crippen LogP contribution in [0.15, 0.2) is 0 Å². The molecule has 1 aliphatic heterocycles. The molecule has 1 heterocycles. The first-order valence-corrected chi connectivity index (χ1v) is 32.5. The number of nitrogens with one attached hydrogen (secondary N) is 12. The van der Waals surface area contributed by atoms with Crippen LogP contribution < -0.4 is 75.3 Å². The lowest BCUT2D eigenvalue weighted by Crippen LogP contribution is -2.63. The highest BCUT2D eigenvalue weighted by Gasteiger charge is 2.39. The Kier molecular flexibility index (Phi) is 37.8. The van der Waals surface area contributed by atoms with Crippen LogP contribution in [0.5, 0.6) is 0 Å². The number of carbonyl (C=O) groups excluding carboxylic acids is 14. The fourth-order valence-corrected chi connectivity index (χ4v) is 10.1. The maximum atomic E-state index is 14.3. The molecule has 14 atom stereocenters. The first-order valence-electron chi connectivity index (χ1n) is 32.5. The van der Waals surface area contributed by atoms with Crippen LogP contribution in [0.1, 0.15) is 162 Å². The topological polar surface area (TPSA) is 479 Å². The fourth-order valence-electron chi connectivity index (χ4n) is 10.1. The Balaban J connectivity index is 3.30. The SMILES string of the molecule is CC[C@H](C)[C@H](NC(=O)CN)C(=O)NCC(=O)N[C@@H](C)C(=O)N[C@H](C(=O)N[C@@H](CC(C)C)C(=O)N[C@@H](CCCCN)C(=O)N[C@H](C(=O)N[C@@H](CC(C)C)C(=O)N[C@H](C(=O)N[C@H](C(=O)NCC(=O)N[C@@H](CC(C)C)C(=O)N1CCC[C@H]1C=O)[C@@H](C)O)[C@@H](C)O)C(C)C)C(C)C. The van der Waals surface area contributed by atoms with Crippen LogP contribution >= 0.6 is 0 Å². The van der Waals surface area contributed by atoms with Crippen molar-refractivity contribution in [2.45, 2.75) is 240 Å². The van der Waals surface area contributed by atoms with Crippen molar-refractivity contribution in [2.24, 2.45) is 47.0 Å². The summed E-state index contributed by atoms with van der Waals surface area (Å²) in [5.74, 6) is -12.2. The molecule has 18 N–H and O–H groups in total. The Hall–Kier alpha value is -7.38. The molecular weight excluding hydrogens is 1210 g/mol. The molecule has 0 aliphatic carbocycles. The lowest BCUT2D eigenvalue weighted by Gasteiger charge is -2.30. The van der Waals surface area contributed by atoms with Crippen molar-refractivity contribution in [1.29, 1.82) is 0 Å². The minimum absolute atomic E-state index is 0.0253. The van der Waals surface area contributed by atoms with Gasteiger partial charge < -0.3 is 95.2 Å². The van der Waals surface area contributed by atoms with E-state index < -0.39 is 180 Å². The minimum atomic E-state index is -1.78. The molecule has 1 fully saturated rings. The summed E-state index contributed by atoms with van der Waals surface area (Å²) in [5, 5.41) is 52.0. The number of aliphatic hydroxyl groups excluding tert-OH is 2. The first-order chi connectivity index (χ1) is 43.4. The van der Waals surface area contributed by atoms with Gasteiger partial charge in [-0.3, -0.25) is 62.3 Å². The van der Waals surface area contributed by atoms with E-state index in [2.05, 4.69) is 63.8 Å². The van der Waals surface area contributed by atoms with Gasteiger partial charge in [-0.05, 0) is 114 Å². The monoisotopic (exact) mass is 1320 g/mol. The highest BCUT2D eigenvalue weighted by molar-refractivity contribution is 5.99. The molecule has 530 valence electrons. The second-order valence-corrected chi connectivity index (χ2v) is 26.1. The van der Waals surface area contributed by atoms with Crippen molar-refractivity contribution in [1.82, 2.24) is 68.7 Å². The quantitative estimate of drug-likeness (QED) is 0.0209. The molecule has 31 nitrogen and oxygen atoms in total. The molecule has 1 aliphatic rings. The number of hydrogen-bond donors (Lipinski definition) is 16. The number of rotatable bonds is 42. The smallest absolute Gasteiger partial charge is 0.245 e. The Morgan fingerprint density at radius 2 is 0.871 bits per heavy atom. The third-order valence-electron chi connectivity index (χ3n) is 15.6. The van der Waals surface area contributed by atoms with Crippen LogP contribution in [0.2, 0.25) is 0 Å². The third-order valence-corrected chi connectivity index (χ3v) is 15.6. The maximum absolute atomic E-state index is 14.3. The van der Waals surface area contributed by atoms with Crippen LogP contribution in [-0.4, -0.2) is 210 Å². The van der Waals surface area contributed by atoms with E-state index in [9.17, 15) is 77.3 Å². The third kappa shape index (κ3) is 29.6. The number of likely N-dealkylation sites (tertiary alicyclic amines) is 1. The number of carbonyl (C=O) groups is 14. The molecule has 0 aromatic rings. The number of nitrogens with two attached hydrogens (primary N) is 2. The predicted molar refractivity (Wildman–Crippen MR) is 345 cm³/mol. The molecular formula is C62H111N15O16. The largest absolute Gasteiger partial charge is 0.391 e. The average molecular weight is 1320 g/mol. The lowest BCUT2D eigenvalue weighted by atomic mass is 9.98. The fraction of sp³-hybridized carbons (Fsp3) is 0.774. The van der Waals surface area contributed by atoms with Crippen LogP contribution in [0, 0.1) is 35.5 Å². The Morgan fingerprint density at radius 3 is 1.32 bits per heavy atom. The van der Waals surface area contributed by atoms with E-state index in [4.69, 9.17) is 11.5 Å². The molecule has 1 saturated heterocycles. The van der Waals surface area contributed by atoms with Gasteiger partial charge in [0, 0.05) is 6.54 Å². The van der Waals surface area contributed by atoms with E-state index >= 15 is 0 Å². The van der Waals surface area contributed by atoms with Gasteiger partial charge in [0.1, 0.15) is 66.7 Å². The summed E-state index contributed by atoms with van der Waals surface area (Å²) in [5.41, 5.74) is 11.2. The Bertz CT molecular complexity index is 2510. The molecule has 93 heavy (non-hydrogen) atoms. The van der Waals surface area contributed by atoms with E-state index in [1.165, 1.54) is 25.7 Å². The zero-order valence-electron chi connectivity index (χ0n) is 57.2. The van der Waals surface area contributed by atoms with E-state index in [1.807, 2.05) is 20.8 Å². The molecule has 0 spiro atoms. The van der Waals surface area contributed by atoms with Crippen LogP contribution in [-0.2, 0) is 67.1 Å². The van der Waals surface area contributed by atoms with Gasteiger partial charge in [0.25, 0.3) is 0 Å². The summed E-state index contributed by atoms with van der Waals surface area (Å²) in [7, 11) is 0. The zero-order valence-corrected chi connectivity index (χ0v) is 57.2. The minimum Gasteiger partial charge on any atom is -0.391 e. The maximum Gasteiger partial charge on any atom is 0.245 e. The molecule has 0 radical (unpaired) electrons. The molecule has 0 unspecified atom stereocenters. The number of aliphatic hydroxyl groups is 2. The second-order valence-electron chi connectivity index (χ2n) is 26.1. The molecule has 0 aromatic carbocycles. The summed E-state index contributed by atoms with van der Waals surface area (Å²) in [6.07, 6.45) is 0.183. The molecule has 0 saturated carbocycles. The second kappa shape index (κ2) is 42.1. The molecule has 0 bridgehead atoms. The molecule has 31 heteroatoms. The van der Waals surface area contributed by atoms with E-state index in [0.29, 0.717) is 44.9 Å². The summed E-state index contributed by atoms with van der Waals surface area (Å²) in [6.45, 7) is 23.6. The van der Waals surface area contributed by atoms with E-state index in [0.717, 1.165) is 0 Å². The average Bonchev–Trinajstić information content (AvgIpc) is 1.97. The Labute approximate surface area is 547 Å². The van der Waals surface area contributed by atoms with Crippen molar-refractivity contribution >= 4 is 83.1 Å². The van der Waals surface area contributed by atoms with Crippen molar-refractivity contribution in [2.75, 3.05) is 32.7 Å². The van der Waals surface area contributed by atoms with Gasteiger partial charge >= 0.3 is 0 Å². The van der Waals surface area contributed by atoms with Crippen LogP contribution in [0.4, 0.5) is 0 Å². The van der Waals surface area contributed by atoms with Crippen molar-refractivity contribution in [3.05, 3.63) is 0 Å². The summed E-state index contributed by atoms with van der Waals surface area (Å²) >= 11 is 0. The van der Waals surface area contributed by atoms with Gasteiger partial charge in [-0.15, -0.1) is 0 Å². The van der Waals surface area contributed by atoms with Gasteiger partial charge in [0.15, 0.2) is 0 Å². The highest BCUT2D eigenvalue weighted by atomic mass is 16.3. The first kappa shape index (κ1) is 83.6. The van der Waals surface area contributed by atoms with Crippen LogP contribution in [0.25, 0.3) is 0 Å². The number of hydrogen-bond acceptors (Lipinski definition) is 18. The highest BCUT2D eigenvalue weighted by Crippen LogP contribution is 2.20. The molecule has 1 rings (SSSR count). The lowest BCUT2D eigenvalue weighted by molar-refractivity contribution is -0.139. The van der Waals surface area contributed by atoms with E-state index in [-0.39, 0.29) is 62.4 Å². The number of amides is 13. The summed E-state index contributed by atoms with van der Waals surface area (Å²) in [4.78, 5) is 189. The van der Waals surface area contributed by atoms with Crippen molar-refractivity contribution in [3.8, 4) is 0 Å². The molecule has 13 amide bonds. The normalized spacial score (nSPS) is 17.3. The van der Waals surface area contributed by atoms with Gasteiger partial charge in [-0.25, -0.2) is 0 Å². The van der Waals surface area contributed by atoms with E-state index in [1.54, 1.807) is 62.3 Å². The van der Waals surface area contributed by atoms with Crippen molar-refractivity contribution < 1.29 is 77.3 Å². The van der Waals surface area contributed by atoms with Gasteiger partial charge in [0.2, 0.25) is 76.8 Å². The van der Waals surface area contributed by atoms with Gasteiger partial charge in [-0.1, -0.05) is 89.5 Å². The standard InChI is InChI=1S/C62H111N15O16/c1-16-36(12)50(72-45(81)27-64)57(88)65-28-46(82)67-37(13)53(84)73-48(34(8)9)59(90)70-42(24-31(2)3)55(86)69-41(21-17-18-22-63)54(85)74-49(35(10)11)60(91)71-43(25-32(4)5)56(87)75-52(39(15)80)61(92)76-51(38(14)79)58(89)66-29-47(83)68-44(26-33(6)7)62(93)77-23-19-20-40(77)30-78/h30-44,48-52,79-80H,16-29,63-64H2,1-15H3,(H,65,88)(H,66,89)(H,67,82)(H,68,83)(H,69,86)(H,70,90)(H,71,91)(H,72,81)(H,73,84)(H,74,85)(H,75,87)(H,76,92)/t36-,37-,38+,39+,40-,41-,42-,43-,44-,48-,49-,50-,51-,52-/m0/s1. The van der Waals surface area contributed by atoms with Crippen LogP contribution in [0.3, 0.4) is 0 Å². The Morgan fingerprint density at radius 1 is 0.462 bits per heavy atom. The van der Waals surface area contributed by atoms with Crippen molar-refractivity contribution in [3.63, 3.8) is 0 Å². The number of aldehydes is 1. The zero-order chi connectivity index (χ0) is 71.1. The summed E-state index contributed by atoms with van der Waals surface area (Å²) in [6, 6.07) is -13.9. The van der Waals surface area contributed by atoms with Gasteiger partial charge in [0.05, 0.1) is 37.9 Å².